The van der Waals surface area contributed by atoms with Gasteiger partial charge in [-0.05, 0) is 88.5 Å². The molecule has 15 heteroatoms. The number of halogens is 1. The van der Waals surface area contributed by atoms with Crippen molar-refractivity contribution in [3.8, 4) is 17.2 Å². The number of anilines is 2. The number of nitrogens with one attached hydrogen (secondary N) is 2. The van der Waals surface area contributed by atoms with Crippen molar-refractivity contribution in [2.75, 3.05) is 44.0 Å². The molecule has 1 fully saturated rings. The lowest BCUT2D eigenvalue weighted by molar-refractivity contribution is -0.122. The van der Waals surface area contributed by atoms with E-state index in [-0.39, 0.29) is 30.1 Å². The van der Waals surface area contributed by atoms with Gasteiger partial charge in [-0.2, -0.15) is 5.10 Å². The zero-order valence-electron chi connectivity index (χ0n) is 32.9. The van der Waals surface area contributed by atoms with Crippen LogP contribution in [0.3, 0.4) is 0 Å². The van der Waals surface area contributed by atoms with Gasteiger partial charge in [0, 0.05) is 36.7 Å². The molecule has 3 aromatic heterocycles. The topological polar surface area (TPSA) is 151 Å². The van der Waals surface area contributed by atoms with E-state index in [0.717, 1.165) is 72.2 Å². The second-order valence-electron chi connectivity index (χ2n) is 15.5. The molecule has 1 aliphatic heterocycles. The number of carboxylic acid groups (broad SMARTS) is 1. The van der Waals surface area contributed by atoms with Crippen LogP contribution in [-0.4, -0.2) is 86.7 Å². The molecule has 0 spiro atoms. The fourth-order valence-corrected chi connectivity index (χ4v) is 7.30. The first-order valence-corrected chi connectivity index (χ1v) is 19.4. The molecule has 0 unspecified atom stereocenters. The van der Waals surface area contributed by atoms with Gasteiger partial charge in [0.1, 0.15) is 30.0 Å². The monoisotopic (exact) mass is 785 g/mol. The van der Waals surface area contributed by atoms with Gasteiger partial charge < -0.3 is 29.7 Å². The Kier molecular flexibility index (Phi) is 12.7. The molecule has 2 aliphatic rings. The van der Waals surface area contributed by atoms with Crippen LogP contribution in [0, 0.1) is 0 Å². The second kappa shape index (κ2) is 17.6. The predicted molar refractivity (Wildman–Crippen MR) is 218 cm³/mol. The molecular formula is C41H52ClN9O5. The number of carbonyl (C=O) groups excluding carboxylic acids is 1. The van der Waals surface area contributed by atoms with Gasteiger partial charge in [0.05, 0.1) is 28.6 Å². The minimum atomic E-state index is -0.320. The number of hydrogen-bond acceptors (Lipinski definition) is 9. The summed E-state index contributed by atoms with van der Waals surface area (Å²) in [6, 6.07) is 19.4. The highest BCUT2D eigenvalue weighted by atomic mass is 35.5. The number of ether oxygens (including phenoxy) is 2. The molecule has 0 saturated carbocycles. The van der Waals surface area contributed by atoms with Crippen molar-refractivity contribution in [2.24, 2.45) is 0 Å². The van der Waals surface area contributed by atoms with E-state index in [0.29, 0.717) is 35.7 Å². The van der Waals surface area contributed by atoms with Crippen LogP contribution in [0.5, 0.6) is 11.5 Å². The van der Waals surface area contributed by atoms with Crippen molar-refractivity contribution in [2.45, 2.75) is 83.4 Å². The predicted octanol–water partition coefficient (Wildman–Crippen LogP) is 7.66. The molecule has 0 radical (unpaired) electrons. The minimum absolute atomic E-state index is 0.173. The van der Waals surface area contributed by atoms with Crippen LogP contribution in [0.25, 0.3) is 11.3 Å². The highest BCUT2D eigenvalue weighted by Gasteiger charge is 2.31. The number of rotatable bonds is 10. The number of aromatic nitrogens is 5. The van der Waals surface area contributed by atoms with E-state index in [1.54, 1.807) is 10.7 Å². The molecule has 56 heavy (non-hydrogen) atoms. The van der Waals surface area contributed by atoms with Crippen molar-refractivity contribution in [1.82, 2.24) is 34.6 Å². The third kappa shape index (κ3) is 9.36. The average Bonchev–Trinajstić information content (AvgIpc) is 3.78. The van der Waals surface area contributed by atoms with Crippen LogP contribution < -0.4 is 25.0 Å². The number of carbonyl (C=O) groups is 2. The van der Waals surface area contributed by atoms with E-state index in [1.807, 2.05) is 72.1 Å². The molecule has 0 bridgehead atoms. The van der Waals surface area contributed by atoms with Gasteiger partial charge in [-0.25, -0.2) is 9.48 Å². The number of nitrogens with zero attached hydrogens (tertiary/aromatic N) is 7. The van der Waals surface area contributed by atoms with Crippen molar-refractivity contribution in [1.29, 1.82) is 0 Å². The molecule has 298 valence electrons. The lowest BCUT2D eigenvalue weighted by Crippen LogP contribution is -2.38. The smallest absolute Gasteiger partial charge is 0.320 e. The normalized spacial score (nSPS) is 18.1. The van der Waals surface area contributed by atoms with E-state index in [1.165, 1.54) is 6.42 Å². The molecule has 14 nitrogen and oxygen atoms in total. The summed E-state index contributed by atoms with van der Waals surface area (Å²) in [4.78, 5) is 26.5. The molecule has 1 saturated heterocycles. The van der Waals surface area contributed by atoms with Crippen LogP contribution >= 0.6 is 11.6 Å². The lowest BCUT2D eigenvalue weighted by Gasteiger charge is -2.33. The molecule has 4 heterocycles. The first-order chi connectivity index (χ1) is 26.9. The second-order valence-corrected chi connectivity index (χ2v) is 16.0. The van der Waals surface area contributed by atoms with E-state index in [2.05, 4.69) is 65.6 Å². The van der Waals surface area contributed by atoms with E-state index < -0.39 is 0 Å². The molecule has 3 atom stereocenters. The summed E-state index contributed by atoms with van der Waals surface area (Å²) >= 11 is 6.50. The number of fused-ring (bicyclic) bond motifs is 2. The summed E-state index contributed by atoms with van der Waals surface area (Å²) in [5.41, 5.74) is 4.20. The Morgan fingerprint density at radius 1 is 1.04 bits per heavy atom. The maximum atomic E-state index is 13.8. The molecule has 5 aromatic rings. The number of likely N-dealkylation sites (N-methyl/N-ethyl adjacent to an activating group) is 1. The Labute approximate surface area is 332 Å². The number of piperidine rings is 1. The molecule has 2 aromatic carbocycles. The largest absolute Gasteiger partial charge is 0.491 e. The zero-order chi connectivity index (χ0) is 40.0. The number of benzene rings is 2. The van der Waals surface area contributed by atoms with Crippen LogP contribution in [0.4, 0.5) is 16.6 Å². The molecule has 3 N–H and O–H groups in total. The van der Waals surface area contributed by atoms with Gasteiger partial charge in [-0.15, -0.1) is 10.2 Å². The summed E-state index contributed by atoms with van der Waals surface area (Å²) in [6.45, 7) is 10.5. The summed E-state index contributed by atoms with van der Waals surface area (Å²) in [5.74, 6) is 2.71. The van der Waals surface area contributed by atoms with Crippen molar-refractivity contribution in [3.05, 3.63) is 88.7 Å². The summed E-state index contributed by atoms with van der Waals surface area (Å²) in [5, 5.41) is 27.6. The van der Waals surface area contributed by atoms with Crippen molar-refractivity contribution in [3.63, 3.8) is 0 Å². The van der Waals surface area contributed by atoms with E-state index in [4.69, 9.17) is 36.1 Å². The van der Waals surface area contributed by atoms with Gasteiger partial charge in [0.15, 0.2) is 5.65 Å². The Morgan fingerprint density at radius 3 is 2.54 bits per heavy atom. The van der Waals surface area contributed by atoms with Crippen molar-refractivity contribution >= 4 is 41.5 Å². The van der Waals surface area contributed by atoms with Crippen LogP contribution in [0.15, 0.2) is 66.9 Å². The number of urea groups is 1. The fourth-order valence-electron chi connectivity index (χ4n) is 7.12. The Bertz CT molecular complexity index is 2130. The third-order valence-corrected chi connectivity index (χ3v) is 10.4. The Balaban J connectivity index is 0.00000172. The highest BCUT2D eigenvalue weighted by molar-refractivity contribution is 6.32. The van der Waals surface area contributed by atoms with Gasteiger partial charge >= 0.3 is 6.03 Å². The average molecular weight is 786 g/mol. The quantitative estimate of drug-likeness (QED) is 0.120. The Hall–Kier alpha value is -5.34. The standard InChI is InChI=1S/C40H50ClN9O3.CH2O2/c1-26-11-9-10-20-48(26)39-45-44-36-19-15-28(25-49(36)39)53-33-18-17-32(29-12-7-8-13-30(29)33)42-38(51)43-37-24-35(40(2,3)4)46-50(37)27-14-16-31(41)34(23-27)52-22-21-47(5)6;2-1-3/h7-8,12-16,19,23-26,32-33H,9-11,17-18,20-22H2,1-6H3,(H2,42,43,51);1H,(H,2,3)/t26-,32-,33+;/m0./s1. The Morgan fingerprint density at radius 2 is 1.80 bits per heavy atom. The van der Waals surface area contributed by atoms with Gasteiger partial charge in [0.25, 0.3) is 6.47 Å². The molecule has 2 amide bonds. The minimum Gasteiger partial charge on any atom is -0.491 e. The van der Waals surface area contributed by atoms with E-state index in [9.17, 15) is 4.79 Å². The number of pyridine rings is 1. The molecular weight excluding hydrogens is 734 g/mol. The van der Waals surface area contributed by atoms with E-state index >= 15 is 0 Å². The maximum absolute atomic E-state index is 13.8. The first-order valence-electron chi connectivity index (χ1n) is 19.1. The van der Waals surface area contributed by atoms with Crippen LogP contribution in [-0.2, 0) is 10.2 Å². The van der Waals surface area contributed by atoms with Crippen LogP contribution in [0.1, 0.15) is 88.8 Å². The summed E-state index contributed by atoms with van der Waals surface area (Å²) in [6.07, 6.45) is 6.80. The fraction of sp³-hybridized carbons (Fsp3) is 0.439. The van der Waals surface area contributed by atoms with Gasteiger partial charge in [-0.1, -0.05) is 56.6 Å². The summed E-state index contributed by atoms with van der Waals surface area (Å²) in [7, 11) is 3.99. The summed E-state index contributed by atoms with van der Waals surface area (Å²) < 4.78 is 16.4. The maximum Gasteiger partial charge on any atom is 0.320 e. The third-order valence-electron chi connectivity index (χ3n) is 10.1. The van der Waals surface area contributed by atoms with Crippen LogP contribution in [0.2, 0.25) is 5.02 Å². The number of amides is 2. The highest BCUT2D eigenvalue weighted by Crippen LogP contribution is 2.39. The van der Waals surface area contributed by atoms with Gasteiger partial charge in [-0.3, -0.25) is 14.5 Å². The first kappa shape index (κ1) is 40.3. The lowest BCUT2D eigenvalue weighted by atomic mass is 9.85. The van der Waals surface area contributed by atoms with Gasteiger partial charge in [0.2, 0.25) is 5.95 Å². The molecule has 7 rings (SSSR count). The zero-order valence-corrected chi connectivity index (χ0v) is 33.7. The van der Waals surface area contributed by atoms with Crippen molar-refractivity contribution < 1.29 is 24.2 Å². The SMILES string of the molecule is C[C@H]1CCCCN1c1nnc2ccc(O[C@@H]3CC[C@H](NC(=O)Nc4cc(C(C)(C)C)nn4-c4ccc(Cl)c(OCCN(C)C)c4)c4ccccc43)cn12.O=CO. The number of hydrogen-bond donors (Lipinski definition) is 3. The molecule has 1 aliphatic carbocycles.